The van der Waals surface area contributed by atoms with E-state index in [-0.39, 0.29) is 10.8 Å². The number of benzene rings is 1. The number of anilines is 1. The number of rotatable bonds is 2. The van der Waals surface area contributed by atoms with Gasteiger partial charge in [-0.2, -0.15) is 0 Å². The zero-order chi connectivity index (χ0) is 14.0. The van der Waals surface area contributed by atoms with Gasteiger partial charge in [-0.15, -0.1) is 13.2 Å². The molecule has 0 fully saturated rings. The highest BCUT2D eigenvalue weighted by Gasteiger charge is 2.31. The molecular formula is C11H7ClF3N3O. The highest BCUT2D eigenvalue weighted by molar-refractivity contribution is 6.31. The van der Waals surface area contributed by atoms with Crippen molar-refractivity contribution in [3.05, 3.63) is 35.6 Å². The van der Waals surface area contributed by atoms with E-state index in [2.05, 4.69) is 14.7 Å². The molecule has 1 heterocycles. The summed E-state index contributed by atoms with van der Waals surface area (Å²) >= 11 is 5.75. The molecule has 4 nitrogen and oxygen atoms in total. The van der Waals surface area contributed by atoms with Gasteiger partial charge >= 0.3 is 6.36 Å². The first-order chi connectivity index (χ1) is 8.83. The van der Waals surface area contributed by atoms with Crippen LogP contribution in [-0.4, -0.2) is 16.3 Å². The number of ether oxygens (including phenoxy) is 1. The Kier molecular flexibility index (Phi) is 3.48. The molecule has 0 spiro atoms. The van der Waals surface area contributed by atoms with Crippen LogP contribution in [0.15, 0.2) is 30.6 Å². The number of nitrogens with two attached hydrogens (primary N) is 1. The maximum absolute atomic E-state index is 12.2. The molecule has 2 aromatic rings. The molecule has 1 aromatic carbocycles. The fourth-order valence-corrected chi connectivity index (χ4v) is 1.66. The Balaban J connectivity index is 2.42. The van der Waals surface area contributed by atoms with Gasteiger partial charge in [0.05, 0.1) is 5.69 Å². The summed E-state index contributed by atoms with van der Waals surface area (Å²) in [7, 11) is 0. The Bertz CT molecular complexity index is 604. The molecule has 100 valence electrons. The van der Waals surface area contributed by atoms with Gasteiger partial charge in [0.25, 0.3) is 0 Å². The summed E-state index contributed by atoms with van der Waals surface area (Å²) in [6.45, 7) is 0. The van der Waals surface area contributed by atoms with Crippen molar-refractivity contribution in [3.63, 3.8) is 0 Å². The zero-order valence-electron chi connectivity index (χ0n) is 9.28. The van der Waals surface area contributed by atoms with Crippen LogP contribution in [0.25, 0.3) is 11.3 Å². The van der Waals surface area contributed by atoms with Gasteiger partial charge in [-0.05, 0) is 18.2 Å². The van der Waals surface area contributed by atoms with Crippen LogP contribution in [0.1, 0.15) is 0 Å². The van der Waals surface area contributed by atoms with Gasteiger partial charge in [0.2, 0.25) is 0 Å². The quantitative estimate of drug-likeness (QED) is 0.921. The van der Waals surface area contributed by atoms with Gasteiger partial charge < -0.3 is 10.5 Å². The molecule has 2 rings (SSSR count). The minimum Gasteiger partial charge on any atom is -0.406 e. The fraction of sp³-hybridized carbons (Fsp3) is 0.0909. The van der Waals surface area contributed by atoms with E-state index < -0.39 is 12.1 Å². The Labute approximate surface area is 111 Å². The standard InChI is InChI=1S/C11H7ClF3N3O/c12-7-1-6(9-4-10(16)18-5-17-9)2-8(3-7)19-11(13,14)15/h1-5H,(H2,16,17,18). The first kappa shape index (κ1) is 13.4. The molecule has 0 amide bonds. The molecule has 0 atom stereocenters. The normalized spacial score (nSPS) is 11.4. The van der Waals surface area contributed by atoms with Crippen molar-refractivity contribution in [3.8, 4) is 17.0 Å². The molecule has 0 saturated heterocycles. The minimum atomic E-state index is -4.79. The monoisotopic (exact) mass is 289 g/mol. The lowest BCUT2D eigenvalue weighted by Crippen LogP contribution is -2.17. The highest BCUT2D eigenvalue weighted by Crippen LogP contribution is 2.31. The van der Waals surface area contributed by atoms with Gasteiger partial charge in [0, 0.05) is 16.7 Å². The van der Waals surface area contributed by atoms with Crippen LogP contribution in [0.5, 0.6) is 5.75 Å². The van der Waals surface area contributed by atoms with Crippen molar-refractivity contribution in [2.45, 2.75) is 6.36 Å². The van der Waals surface area contributed by atoms with Gasteiger partial charge in [-0.3, -0.25) is 0 Å². The molecule has 2 N–H and O–H groups in total. The molecule has 0 radical (unpaired) electrons. The Morgan fingerprint density at radius 3 is 2.47 bits per heavy atom. The maximum Gasteiger partial charge on any atom is 0.573 e. The summed E-state index contributed by atoms with van der Waals surface area (Å²) in [6.07, 6.45) is -3.58. The number of nitrogen functional groups attached to an aromatic ring is 1. The Morgan fingerprint density at radius 1 is 1.11 bits per heavy atom. The second-order valence-electron chi connectivity index (χ2n) is 3.55. The van der Waals surface area contributed by atoms with E-state index in [0.717, 1.165) is 6.07 Å². The van der Waals surface area contributed by atoms with Crippen molar-refractivity contribution in [1.82, 2.24) is 9.97 Å². The van der Waals surface area contributed by atoms with E-state index in [1.807, 2.05) is 0 Å². The van der Waals surface area contributed by atoms with Crippen molar-refractivity contribution in [2.24, 2.45) is 0 Å². The van der Waals surface area contributed by atoms with E-state index in [0.29, 0.717) is 11.3 Å². The third-order valence-electron chi connectivity index (χ3n) is 2.09. The molecule has 0 aliphatic heterocycles. The number of halogens is 4. The Morgan fingerprint density at radius 2 is 1.84 bits per heavy atom. The molecule has 19 heavy (non-hydrogen) atoms. The topological polar surface area (TPSA) is 61.0 Å². The lowest BCUT2D eigenvalue weighted by atomic mass is 10.1. The summed E-state index contributed by atoms with van der Waals surface area (Å²) in [5.74, 6) is -0.226. The summed E-state index contributed by atoms with van der Waals surface area (Å²) < 4.78 is 40.3. The first-order valence-electron chi connectivity index (χ1n) is 4.98. The second-order valence-corrected chi connectivity index (χ2v) is 3.99. The summed E-state index contributed by atoms with van der Waals surface area (Å²) in [5.41, 5.74) is 6.18. The van der Waals surface area contributed by atoms with E-state index in [1.54, 1.807) is 0 Å². The van der Waals surface area contributed by atoms with Gasteiger partial charge in [-0.1, -0.05) is 11.6 Å². The van der Waals surface area contributed by atoms with Crippen molar-refractivity contribution < 1.29 is 17.9 Å². The van der Waals surface area contributed by atoms with Crippen LogP contribution < -0.4 is 10.5 Å². The molecule has 1 aromatic heterocycles. The van der Waals surface area contributed by atoms with Crippen LogP contribution in [0.3, 0.4) is 0 Å². The fourth-order valence-electron chi connectivity index (χ4n) is 1.43. The smallest absolute Gasteiger partial charge is 0.406 e. The summed E-state index contributed by atoms with van der Waals surface area (Å²) in [5, 5.41) is 0.0916. The number of alkyl halides is 3. The van der Waals surface area contributed by atoms with E-state index in [1.165, 1.54) is 24.5 Å². The van der Waals surface area contributed by atoms with Gasteiger partial charge in [0.15, 0.2) is 0 Å². The summed E-state index contributed by atoms with van der Waals surface area (Å²) in [4.78, 5) is 7.59. The van der Waals surface area contributed by atoms with E-state index in [4.69, 9.17) is 17.3 Å². The third kappa shape index (κ3) is 3.72. The lowest BCUT2D eigenvalue weighted by molar-refractivity contribution is -0.274. The van der Waals surface area contributed by atoms with Gasteiger partial charge in [0.1, 0.15) is 17.9 Å². The van der Waals surface area contributed by atoms with Crippen LogP contribution >= 0.6 is 11.6 Å². The molecule has 8 heteroatoms. The number of hydrogen-bond donors (Lipinski definition) is 1. The molecule has 0 aliphatic rings. The van der Waals surface area contributed by atoms with Crippen molar-refractivity contribution >= 4 is 17.4 Å². The molecule has 0 saturated carbocycles. The molecule has 0 aliphatic carbocycles. The maximum atomic E-state index is 12.2. The lowest BCUT2D eigenvalue weighted by Gasteiger charge is -2.10. The average Bonchev–Trinajstić information content (AvgIpc) is 2.25. The predicted octanol–water partition coefficient (Wildman–Crippen LogP) is 3.28. The minimum absolute atomic E-state index is 0.0916. The van der Waals surface area contributed by atoms with Gasteiger partial charge in [-0.25, -0.2) is 9.97 Å². The number of aromatic nitrogens is 2. The predicted molar refractivity (Wildman–Crippen MR) is 63.6 cm³/mol. The summed E-state index contributed by atoms with van der Waals surface area (Å²) in [6, 6.07) is 5.10. The molecule has 0 unspecified atom stereocenters. The van der Waals surface area contributed by atoms with Crippen LogP contribution in [0.4, 0.5) is 19.0 Å². The van der Waals surface area contributed by atoms with Crippen molar-refractivity contribution in [1.29, 1.82) is 0 Å². The van der Waals surface area contributed by atoms with Crippen molar-refractivity contribution in [2.75, 3.05) is 5.73 Å². The average molecular weight is 290 g/mol. The second kappa shape index (κ2) is 4.93. The first-order valence-corrected chi connectivity index (χ1v) is 5.35. The van der Waals surface area contributed by atoms with Crippen LogP contribution in [-0.2, 0) is 0 Å². The van der Waals surface area contributed by atoms with Crippen LogP contribution in [0.2, 0.25) is 5.02 Å². The highest BCUT2D eigenvalue weighted by atomic mass is 35.5. The van der Waals surface area contributed by atoms with E-state index in [9.17, 15) is 13.2 Å². The number of hydrogen-bond acceptors (Lipinski definition) is 4. The SMILES string of the molecule is Nc1cc(-c2cc(Cl)cc(OC(F)(F)F)c2)ncn1. The number of nitrogens with zero attached hydrogens (tertiary/aromatic N) is 2. The Hall–Kier alpha value is -2.02. The zero-order valence-corrected chi connectivity index (χ0v) is 10.0. The van der Waals surface area contributed by atoms with E-state index >= 15 is 0 Å². The van der Waals surface area contributed by atoms with Crippen LogP contribution in [0, 0.1) is 0 Å². The molecular weight excluding hydrogens is 283 g/mol. The largest absolute Gasteiger partial charge is 0.573 e. The third-order valence-corrected chi connectivity index (χ3v) is 2.31. The molecule has 0 bridgehead atoms.